The van der Waals surface area contributed by atoms with Crippen molar-refractivity contribution >= 4 is 17.6 Å². The van der Waals surface area contributed by atoms with Crippen molar-refractivity contribution in [2.24, 2.45) is 0 Å². The Morgan fingerprint density at radius 2 is 1.90 bits per heavy atom. The molecule has 3 heteroatoms. The SMILES string of the molecule is CC(=O)O[C@@H](C)CCCC/C=C/C#CC#C/C=C/C=C\Cl. The highest BCUT2D eigenvalue weighted by molar-refractivity contribution is 6.25. The smallest absolute Gasteiger partial charge is 0.302 e. The summed E-state index contributed by atoms with van der Waals surface area (Å²) in [6, 6.07) is 0. The van der Waals surface area contributed by atoms with E-state index in [1.807, 2.05) is 19.1 Å². The molecule has 2 nitrogen and oxygen atoms in total. The molecule has 0 aromatic rings. The fourth-order valence-electron chi connectivity index (χ4n) is 1.48. The lowest BCUT2D eigenvalue weighted by Gasteiger charge is -2.10. The molecule has 112 valence electrons. The summed E-state index contributed by atoms with van der Waals surface area (Å²) in [6.45, 7) is 3.35. The maximum atomic E-state index is 10.7. The zero-order chi connectivity index (χ0) is 15.8. The molecule has 0 heterocycles. The fraction of sp³-hybridized carbons (Fsp3) is 0.389. The summed E-state index contributed by atoms with van der Waals surface area (Å²) in [7, 11) is 0. The van der Waals surface area contributed by atoms with Crippen LogP contribution in [0.1, 0.15) is 39.5 Å². The normalized spacial score (nSPS) is 12.0. The number of ether oxygens (including phenoxy) is 1. The van der Waals surface area contributed by atoms with Crippen LogP contribution in [0.2, 0.25) is 0 Å². The van der Waals surface area contributed by atoms with Crippen molar-refractivity contribution < 1.29 is 9.53 Å². The number of hydrogen-bond donors (Lipinski definition) is 0. The first-order chi connectivity index (χ1) is 10.2. The van der Waals surface area contributed by atoms with Gasteiger partial charge in [0, 0.05) is 12.5 Å². The number of esters is 1. The lowest BCUT2D eigenvalue weighted by molar-refractivity contribution is -0.145. The largest absolute Gasteiger partial charge is 0.463 e. The summed E-state index contributed by atoms with van der Waals surface area (Å²) in [4.78, 5) is 10.7. The van der Waals surface area contributed by atoms with E-state index in [1.54, 1.807) is 18.2 Å². The van der Waals surface area contributed by atoms with E-state index in [2.05, 4.69) is 23.7 Å². The standard InChI is InChI=1S/C18H21ClO2/c1-17(21-18(2)20)15-13-11-9-7-5-3-4-6-8-10-12-14-16-19/h5,7,10,12,14,16-17H,9,11,13,15H2,1-2H3/b7-5+,12-10+,16-14-/t17-/m0/s1. The molecule has 0 saturated carbocycles. The monoisotopic (exact) mass is 304 g/mol. The van der Waals surface area contributed by atoms with Crippen molar-refractivity contribution in [3.05, 3.63) is 35.9 Å². The van der Waals surface area contributed by atoms with Crippen LogP contribution in [0, 0.1) is 23.7 Å². The Labute approximate surface area is 132 Å². The Kier molecular flexibility index (Phi) is 13.2. The van der Waals surface area contributed by atoms with Gasteiger partial charge < -0.3 is 4.74 Å². The van der Waals surface area contributed by atoms with Crippen LogP contribution in [0.15, 0.2) is 35.9 Å². The highest BCUT2D eigenvalue weighted by Gasteiger charge is 2.03. The van der Waals surface area contributed by atoms with Crippen molar-refractivity contribution in [3.8, 4) is 23.7 Å². The average molecular weight is 305 g/mol. The van der Waals surface area contributed by atoms with Gasteiger partial charge in [-0.1, -0.05) is 41.7 Å². The van der Waals surface area contributed by atoms with Gasteiger partial charge in [0.2, 0.25) is 0 Å². The second-order valence-corrected chi connectivity index (χ2v) is 4.58. The number of rotatable bonds is 7. The third-order valence-electron chi connectivity index (χ3n) is 2.37. The maximum Gasteiger partial charge on any atom is 0.302 e. The summed E-state index contributed by atoms with van der Waals surface area (Å²) < 4.78 is 5.05. The van der Waals surface area contributed by atoms with Gasteiger partial charge in [-0.15, -0.1) is 0 Å². The minimum Gasteiger partial charge on any atom is -0.463 e. The second-order valence-electron chi connectivity index (χ2n) is 4.32. The van der Waals surface area contributed by atoms with Crippen molar-refractivity contribution in [3.63, 3.8) is 0 Å². The van der Waals surface area contributed by atoms with E-state index >= 15 is 0 Å². The molecule has 0 spiro atoms. The molecule has 0 aliphatic carbocycles. The molecule has 0 bridgehead atoms. The molecule has 0 aromatic carbocycles. The van der Waals surface area contributed by atoms with Gasteiger partial charge in [-0.3, -0.25) is 4.79 Å². The van der Waals surface area contributed by atoms with Crippen molar-refractivity contribution in [1.82, 2.24) is 0 Å². The summed E-state index contributed by atoms with van der Waals surface area (Å²) in [5.74, 6) is 10.8. The van der Waals surface area contributed by atoms with Gasteiger partial charge >= 0.3 is 5.97 Å². The topological polar surface area (TPSA) is 26.3 Å². The molecular formula is C18H21ClO2. The van der Waals surface area contributed by atoms with Crippen molar-refractivity contribution in [2.75, 3.05) is 0 Å². The van der Waals surface area contributed by atoms with Gasteiger partial charge in [0.25, 0.3) is 0 Å². The van der Waals surface area contributed by atoms with Crippen LogP contribution in [0.5, 0.6) is 0 Å². The van der Waals surface area contributed by atoms with Gasteiger partial charge in [0.05, 0.1) is 6.10 Å². The first kappa shape index (κ1) is 19.1. The van der Waals surface area contributed by atoms with Gasteiger partial charge in [0.15, 0.2) is 0 Å². The van der Waals surface area contributed by atoms with Gasteiger partial charge in [0.1, 0.15) is 0 Å². The number of carbonyl (C=O) groups excluding carboxylic acids is 1. The van der Waals surface area contributed by atoms with Crippen molar-refractivity contribution in [1.29, 1.82) is 0 Å². The number of halogens is 1. The van der Waals surface area contributed by atoms with Gasteiger partial charge in [-0.25, -0.2) is 0 Å². The van der Waals surface area contributed by atoms with E-state index in [0.29, 0.717) is 0 Å². The lowest BCUT2D eigenvalue weighted by atomic mass is 10.1. The Bertz CT molecular complexity index is 493. The highest BCUT2D eigenvalue weighted by Crippen LogP contribution is 2.06. The quantitative estimate of drug-likeness (QED) is 0.302. The number of carbonyl (C=O) groups is 1. The van der Waals surface area contributed by atoms with Crippen LogP contribution in [-0.2, 0) is 9.53 Å². The Morgan fingerprint density at radius 1 is 1.19 bits per heavy atom. The van der Waals surface area contributed by atoms with E-state index in [0.717, 1.165) is 25.7 Å². The predicted octanol–water partition coefficient (Wildman–Crippen LogP) is 4.37. The minimum absolute atomic E-state index is 0.00301. The maximum absolute atomic E-state index is 10.7. The Hall–Kier alpha value is -1.90. The molecule has 1 atom stereocenters. The molecule has 21 heavy (non-hydrogen) atoms. The van der Waals surface area contributed by atoms with E-state index in [-0.39, 0.29) is 12.1 Å². The third kappa shape index (κ3) is 16.0. The van der Waals surface area contributed by atoms with Crippen LogP contribution >= 0.6 is 11.6 Å². The molecule has 0 aromatic heterocycles. The van der Waals surface area contributed by atoms with E-state index in [4.69, 9.17) is 16.3 Å². The fourth-order valence-corrected chi connectivity index (χ4v) is 1.56. The summed E-state index contributed by atoms with van der Waals surface area (Å²) >= 11 is 5.34. The molecule has 0 radical (unpaired) electrons. The van der Waals surface area contributed by atoms with Gasteiger partial charge in [-0.2, -0.15) is 0 Å². The Balaban J connectivity index is 3.68. The van der Waals surface area contributed by atoms with Crippen LogP contribution < -0.4 is 0 Å². The first-order valence-electron chi connectivity index (χ1n) is 6.92. The molecule has 0 N–H and O–H groups in total. The van der Waals surface area contributed by atoms with E-state index < -0.39 is 0 Å². The minimum atomic E-state index is -0.215. The molecule has 0 rings (SSSR count). The zero-order valence-corrected chi connectivity index (χ0v) is 13.3. The molecular weight excluding hydrogens is 284 g/mol. The second kappa shape index (κ2) is 14.5. The Morgan fingerprint density at radius 3 is 2.57 bits per heavy atom. The summed E-state index contributed by atoms with van der Waals surface area (Å²) in [5.41, 5.74) is 1.42. The third-order valence-corrected chi connectivity index (χ3v) is 2.52. The number of hydrogen-bond acceptors (Lipinski definition) is 2. The van der Waals surface area contributed by atoms with Gasteiger partial charge in [-0.05, 0) is 56.6 Å². The first-order valence-corrected chi connectivity index (χ1v) is 7.35. The summed E-state index contributed by atoms with van der Waals surface area (Å²) in [5, 5.41) is 0. The highest BCUT2D eigenvalue weighted by atomic mass is 35.5. The molecule has 0 aliphatic heterocycles. The van der Waals surface area contributed by atoms with E-state index in [1.165, 1.54) is 12.5 Å². The lowest BCUT2D eigenvalue weighted by Crippen LogP contribution is -2.11. The number of allylic oxidation sites excluding steroid dienone is 5. The van der Waals surface area contributed by atoms with E-state index in [9.17, 15) is 4.79 Å². The van der Waals surface area contributed by atoms with Crippen molar-refractivity contribution in [2.45, 2.75) is 45.6 Å². The number of unbranched alkanes of at least 4 members (excludes halogenated alkanes) is 2. The molecule has 0 fully saturated rings. The molecule has 0 amide bonds. The molecule has 0 aliphatic rings. The van der Waals surface area contributed by atoms with Crippen LogP contribution in [0.3, 0.4) is 0 Å². The predicted molar refractivity (Wildman–Crippen MR) is 88.5 cm³/mol. The average Bonchev–Trinajstić information content (AvgIpc) is 2.43. The summed E-state index contributed by atoms with van der Waals surface area (Å²) in [6.07, 6.45) is 12.9. The molecule has 0 unspecified atom stereocenters. The molecule has 0 saturated heterocycles. The van der Waals surface area contributed by atoms with Crippen LogP contribution in [0.25, 0.3) is 0 Å². The van der Waals surface area contributed by atoms with Crippen LogP contribution in [-0.4, -0.2) is 12.1 Å². The van der Waals surface area contributed by atoms with Crippen LogP contribution in [0.4, 0.5) is 0 Å². The zero-order valence-electron chi connectivity index (χ0n) is 12.6.